The fraction of sp³-hybridized carbons (Fsp3) is 0.200. The van der Waals surface area contributed by atoms with Gasteiger partial charge < -0.3 is 4.74 Å². The van der Waals surface area contributed by atoms with Crippen LogP contribution >= 0.6 is 0 Å². The average Bonchev–Trinajstić information content (AvgIpc) is 1.99. The van der Waals surface area contributed by atoms with Gasteiger partial charge in [-0.25, -0.2) is 0 Å². The van der Waals surface area contributed by atoms with Gasteiger partial charge in [-0.05, 0) is 18.2 Å². The van der Waals surface area contributed by atoms with Crippen molar-refractivity contribution in [3.05, 3.63) is 42.5 Å². The Morgan fingerprint density at radius 1 is 1.18 bits per heavy atom. The van der Waals surface area contributed by atoms with E-state index in [9.17, 15) is 0 Å². The van der Waals surface area contributed by atoms with Crippen molar-refractivity contribution in [1.29, 1.82) is 0 Å². The van der Waals surface area contributed by atoms with Gasteiger partial charge >= 0.3 is 0 Å². The summed E-state index contributed by atoms with van der Waals surface area (Å²) in [6, 6.07) is 9.91. The highest BCUT2D eigenvalue weighted by molar-refractivity contribution is 5.23. The normalized spacial score (nSPS) is 20.9. The molecule has 0 fully saturated rings. The van der Waals surface area contributed by atoms with E-state index in [1.54, 1.807) is 0 Å². The van der Waals surface area contributed by atoms with Crippen LogP contribution in [0.5, 0.6) is 5.75 Å². The van der Waals surface area contributed by atoms with Crippen molar-refractivity contribution in [3.8, 4) is 5.75 Å². The van der Waals surface area contributed by atoms with E-state index in [0.29, 0.717) is 6.10 Å². The fourth-order valence-electron chi connectivity index (χ4n) is 1.01. The summed E-state index contributed by atoms with van der Waals surface area (Å²) in [6.07, 6.45) is 5.56. The monoisotopic (exact) mass is 146 g/mol. The van der Waals surface area contributed by atoms with Crippen LogP contribution in [0.3, 0.4) is 0 Å². The lowest BCUT2D eigenvalue weighted by molar-refractivity contribution is 0.236. The first-order chi connectivity index (χ1) is 5.45. The van der Waals surface area contributed by atoms with Crippen molar-refractivity contribution in [1.82, 2.24) is 0 Å². The van der Waals surface area contributed by atoms with Gasteiger partial charge in [-0.15, -0.1) is 0 Å². The molecule has 0 spiro atoms. The van der Waals surface area contributed by atoms with Crippen LogP contribution in [0.2, 0.25) is 0 Å². The molecule has 56 valence electrons. The fourth-order valence-corrected chi connectivity index (χ4v) is 1.01. The highest BCUT2D eigenvalue weighted by atomic mass is 16.5. The summed E-state index contributed by atoms with van der Waals surface area (Å²) in [6.45, 7) is 0. The summed E-state index contributed by atoms with van der Waals surface area (Å²) < 4.78 is 5.56. The lowest BCUT2D eigenvalue weighted by Crippen LogP contribution is -2.17. The molecule has 0 amide bonds. The third-order valence-electron chi connectivity index (χ3n) is 1.75. The van der Waals surface area contributed by atoms with Gasteiger partial charge in [0.05, 0.1) is 0 Å². The predicted octanol–water partition coefficient (Wildman–Crippen LogP) is 2.39. The highest BCUT2D eigenvalue weighted by Gasteiger charge is 2.10. The second-order valence-electron chi connectivity index (χ2n) is 2.63. The topological polar surface area (TPSA) is 9.23 Å². The van der Waals surface area contributed by atoms with Crippen LogP contribution < -0.4 is 4.74 Å². The first kappa shape index (κ1) is 6.47. The van der Waals surface area contributed by atoms with Crippen molar-refractivity contribution in [3.63, 3.8) is 0 Å². The third kappa shape index (κ3) is 1.43. The Kier molecular flexibility index (Phi) is 1.64. The molecule has 1 unspecified atom stereocenters. The van der Waals surface area contributed by atoms with Crippen LogP contribution in [-0.4, -0.2) is 6.10 Å². The molecule has 0 saturated heterocycles. The Bertz CT molecular complexity index is 251. The SMILES string of the molecule is C1=CC(Oc2ccccc2)C1. The Morgan fingerprint density at radius 2 is 1.91 bits per heavy atom. The molecule has 0 radical (unpaired) electrons. The van der Waals surface area contributed by atoms with E-state index >= 15 is 0 Å². The third-order valence-corrected chi connectivity index (χ3v) is 1.75. The Morgan fingerprint density at radius 3 is 2.45 bits per heavy atom. The molecule has 1 atom stereocenters. The number of benzene rings is 1. The largest absolute Gasteiger partial charge is 0.486 e. The lowest BCUT2D eigenvalue weighted by atomic mass is 10.1. The molecule has 1 heteroatoms. The Balaban J connectivity index is 2.01. The van der Waals surface area contributed by atoms with Gasteiger partial charge in [0, 0.05) is 6.42 Å². The predicted molar refractivity (Wildman–Crippen MR) is 44.6 cm³/mol. The number of hydrogen-bond acceptors (Lipinski definition) is 1. The molecule has 0 aliphatic heterocycles. The van der Waals surface area contributed by atoms with Crippen LogP contribution in [0.25, 0.3) is 0 Å². The maximum absolute atomic E-state index is 5.56. The number of hydrogen-bond donors (Lipinski definition) is 0. The summed E-state index contributed by atoms with van der Waals surface area (Å²) in [4.78, 5) is 0. The van der Waals surface area contributed by atoms with Crippen molar-refractivity contribution < 1.29 is 4.74 Å². The van der Waals surface area contributed by atoms with Gasteiger partial charge in [-0.2, -0.15) is 0 Å². The molecular formula is C10H10O. The number of rotatable bonds is 2. The highest BCUT2D eigenvalue weighted by Crippen LogP contribution is 2.17. The Labute approximate surface area is 66.3 Å². The van der Waals surface area contributed by atoms with E-state index in [0.717, 1.165) is 12.2 Å². The van der Waals surface area contributed by atoms with Crippen LogP contribution in [0.15, 0.2) is 42.5 Å². The molecular weight excluding hydrogens is 136 g/mol. The summed E-state index contributed by atoms with van der Waals surface area (Å²) in [5.74, 6) is 0.960. The molecule has 2 rings (SSSR count). The van der Waals surface area contributed by atoms with Gasteiger partial charge in [0.25, 0.3) is 0 Å². The van der Waals surface area contributed by atoms with Gasteiger partial charge in [0.15, 0.2) is 0 Å². The van der Waals surface area contributed by atoms with Gasteiger partial charge in [0.2, 0.25) is 0 Å². The summed E-state index contributed by atoms with van der Waals surface area (Å²) in [7, 11) is 0. The standard InChI is InChI=1S/C10H10O/c1-2-5-9(6-3-1)11-10-7-4-8-10/h1-7,10H,8H2. The Hall–Kier alpha value is -1.24. The zero-order valence-electron chi connectivity index (χ0n) is 6.23. The second kappa shape index (κ2) is 2.79. The molecule has 0 heterocycles. The summed E-state index contributed by atoms with van der Waals surface area (Å²) in [5.41, 5.74) is 0. The zero-order valence-corrected chi connectivity index (χ0v) is 6.23. The van der Waals surface area contributed by atoms with E-state index in [-0.39, 0.29) is 0 Å². The van der Waals surface area contributed by atoms with E-state index in [2.05, 4.69) is 12.2 Å². The van der Waals surface area contributed by atoms with E-state index in [1.807, 2.05) is 30.3 Å². The van der Waals surface area contributed by atoms with Crippen molar-refractivity contribution in [2.75, 3.05) is 0 Å². The van der Waals surface area contributed by atoms with Crippen LogP contribution in [0.4, 0.5) is 0 Å². The molecule has 1 aliphatic carbocycles. The van der Waals surface area contributed by atoms with Crippen molar-refractivity contribution >= 4 is 0 Å². The van der Waals surface area contributed by atoms with Crippen LogP contribution in [0.1, 0.15) is 6.42 Å². The molecule has 11 heavy (non-hydrogen) atoms. The smallest absolute Gasteiger partial charge is 0.120 e. The second-order valence-corrected chi connectivity index (χ2v) is 2.63. The van der Waals surface area contributed by atoms with Gasteiger partial charge in [-0.1, -0.05) is 24.3 Å². The first-order valence-corrected chi connectivity index (χ1v) is 3.83. The average molecular weight is 146 g/mol. The van der Waals surface area contributed by atoms with Crippen molar-refractivity contribution in [2.24, 2.45) is 0 Å². The van der Waals surface area contributed by atoms with Crippen molar-refractivity contribution in [2.45, 2.75) is 12.5 Å². The first-order valence-electron chi connectivity index (χ1n) is 3.83. The molecule has 1 aliphatic rings. The molecule has 1 aromatic rings. The minimum Gasteiger partial charge on any atom is -0.486 e. The maximum Gasteiger partial charge on any atom is 0.120 e. The van der Waals surface area contributed by atoms with Gasteiger partial charge in [-0.3, -0.25) is 0 Å². The maximum atomic E-state index is 5.56. The van der Waals surface area contributed by atoms with E-state index in [4.69, 9.17) is 4.74 Å². The summed E-state index contributed by atoms with van der Waals surface area (Å²) in [5, 5.41) is 0. The minimum absolute atomic E-state index is 0.317. The minimum atomic E-state index is 0.317. The van der Waals surface area contributed by atoms with E-state index < -0.39 is 0 Å². The lowest BCUT2D eigenvalue weighted by Gasteiger charge is -2.19. The molecule has 1 aromatic carbocycles. The van der Waals surface area contributed by atoms with Crippen LogP contribution in [-0.2, 0) is 0 Å². The van der Waals surface area contributed by atoms with E-state index in [1.165, 1.54) is 0 Å². The number of para-hydroxylation sites is 1. The zero-order chi connectivity index (χ0) is 7.52. The van der Waals surface area contributed by atoms with Crippen LogP contribution in [0, 0.1) is 0 Å². The molecule has 1 nitrogen and oxygen atoms in total. The molecule has 0 bridgehead atoms. The molecule has 0 saturated carbocycles. The molecule has 0 N–H and O–H groups in total. The summed E-state index contributed by atoms with van der Waals surface area (Å²) >= 11 is 0. The van der Waals surface area contributed by atoms with Gasteiger partial charge in [0.1, 0.15) is 11.9 Å². The number of ether oxygens (including phenoxy) is 1. The molecule has 0 aromatic heterocycles. The quantitative estimate of drug-likeness (QED) is 0.582.